The SMILES string of the molecule is O=C(c1ccc(C2CCC2)cc1)c1ncccc1Br. The fourth-order valence-corrected chi connectivity index (χ4v) is 2.77. The van der Waals surface area contributed by atoms with Crippen molar-refractivity contribution in [3.63, 3.8) is 0 Å². The van der Waals surface area contributed by atoms with Crippen LogP contribution in [0, 0.1) is 0 Å². The molecule has 0 unspecified atom stereocenters. The first-order valence-electron chi connectivity index (χ1n) is 6.51. The van der Waals surface area contributed by atoms with Gasteiger partial charge in [0.25, 0.3) is 0 Å². The number of hydrogen-bond acceptors (Lipinski definition) is 2. The highest BCUT2D eigenvalue weighted by Crippen LogP contribution is 2.36. The molecule has 0 radical (unpaired) electrons. The molecule has 1 fully saturated rings. The van der Waals surface area contributed by atoms with Crippen molar-refractivity contribution < 1.29 is 4.79 Å². The van der Waals surface area contributed by atoms with E-state index in [1.54, 1.807) is 12.3 Å². The number of carbonyl (C=O) groups excluding carboxylic acids is 1. The molecule has 2 nitrogen and oxygen atoms in total. The van der Waals surface area contributed by atoms with E-state index in [4.69, 9.17) is 0 Å². The van der Waals surface area contributed by atoms with E-state index in [2.05, 4.69) is 33.0 Å². The zero-order valence-corrected chi connectivity index (χ0v) is 12.1. The summed E-state index contributed by atoms with van der Waals surface area (Å²) in [5, 5.41) is 0. The van der Waals surface area contributed by atoms with Crippen LogP contribution in [0.1, 0.15) is 46.8 Å². The van der Waals surface area contributed by atoms with E-state index in [1.807, 2.05) is 18.2 Å². The summed E-state index contributed by atoms with van der Waals surface area (Å²) in [7, 11) is 0. The molecule has 0 spiro atoms. The molecule has 0 amide bonds. The van der Waals surface area contributed by atoms with Gasteiger partial charge in [0.1, 0.15) is 5.69 Å². The summed E-state index contributed by atoms with van der Waals surface area (Å²) >= 11 is 3.37. The van der Waals surface area contributed by atoms with Crippen LogP contribution in [0.5, 0.6) is 0 Å². The molecule has 3 heteroatoms. The quantitative estimate of drug-likeness (QED) is 0.788. The lowest BCUT2D eigenvalue weighted by atomic mass is 9.80. The molecule has 1 heterocycles. The minimum absolute atomic E-state index is 0.0346. The molecule has 1 saturated carbocycles. The van der Waals surface area contributed by atoms with Crippen molar-refractivity contribution in [3.8, 4) is 0 Å². The van der Waals surface area contributed by atoms with Gasteiger partial charge in [0, 0.05) is 16.2 Å². The summed E-state index contributed by atoms with van der Waals surface area (Å²) in [4.78, 5) is 16.5. The van der Waals surface area contributed by atoms with Crippen LogP contribution in [-0.2, 0) is 0 Å². The third-order valence-corrected chi connectivity index (χ3v) is 4.36. The lowest BCUT2D eigenvalue weighted by Crippen LogP contribution is -2.09. The number of hydrogen-bond donors (Lipinski definition) is 0. The molecule has 1 aromatic heterocycles. The number of halogens is 1. The second-order valence-electron chi connectivity index (χ2n) is 4.91. The molecule has 0 aliphatic heterocycles. The van der Waals surface area contributed by atoms with Gasteiger partial charge in [-0.2, -0.15) is 0 Å². The maximum absolute atomic E-state index is 12.3. The second-order valence-corrected chi connectivity index (χ2v) is 5.77. The monoisotopic (exact) mass is 315 g/mol. The van der Waals surface area contributed by atoms with Crippen molar-refractivity contribution >= 4 is 21.7 Å². The molecule has 3 rings (SSSR count). The summed E-state index contributed by atoms with van der Waals surface area (Å²) in [5.41, 5.74) is 2.52. The Balaban J connectivity index is 1.86. The lowest BCUT2D eigenvalue weighted by Gasteiger charge is -2.25. The van der Waals surface area contributed by atoms with Gasteiger partial charge in [0.2, 0.25) is 5.78 Å². The summed E-state index contributed by atoms with van der Waals surface area (Å²) < 4.78 is 0.739. The van der Waals surface area contributed by atoms with E-state index < -0.39 is 0 Å². The Labute approximate surface area is 121 Å². The Hall–Kier alpha value is -1.48. The summed E-state index contributed by atoms with van der Waals surface area (Å²) in [6.07, 6.45) is 5.52. The van der Waals surface area contributed by atoms with Crippen LogP contribution in [-0.4, -0.2) is 10.8 Å². The zero-order valence-electron chi connectivity index (χ0n) is 10.5. The summed E-state index contributed by atoms with van der Waals surface area (Å²) in [5.74, 6) is 0.665. The Morgan fingerprint density at radius 2 is 1.89 bits per heavy atom. The normalized spacial score (nSPS) is 15.0. The molecule has 0 bridgehead atoms. The number of pyridine rings is 1. The Morgan fingerprint density at radius 3 is 2.47 bits per heavy atom. The van der Waals surface area contributed by atoms with Crippen LogP contribution in [0.2, 0.25) is 0 Å². The largest absolute Gasteiger partial charge is 0.287 e. The molecule has 2 aromatic rings. The van der Waals surface area contributed by atoms with E-state index in [0.717, 1.165) is 4.47 Å². The van der Waals surface area contributed by atoms with E-state index in [1.165, 1.54) is 24.8 Å². The van der Waals surface area contributed by atoms with E-state index in [0.29, 0.717) is 17.2 Å². The zero-order chi connectivity index (χ0) is 13.2. The van der Waals surface area contributed by atoms with Crippen LogP contribution in [0.4, 0.5) is 0 Å². The van der Waals surface area contributed by atoms with Crippen LogP contribution in [0.25, 0.3) is 0 Å². The molecule has 1 aliphatic rings. The predicted octanol–water partition coefficient (Wildman–Crippen LogP) is 4.34. The number of rotatable bonds is 3. The second kappa shape index (κ2) is 5.25. The van der Waals surface area contributed by atoms with Gasteiger partial charge < -0.3 is 0 Å². The number of aromatic nitrogens is 1. The average Bonchev–Trinajstić information content (AvgIpc) is 2.37. The smallest absolute Gasteiger partial charge is 0.212 e. The third kappa shape index (κ3) is 2.47. The molecule has 1 aromatic carbocycles. The van der Waals surface area contributed by atoms with Crippen molar-refractivity contribution in [2.75, 3.05) is 0 Å². The van der Waals surface area contributed by atoms with Crippen molar-refractivity contribution in [2.45, 2.75) is 25.2 Å². The Bertz CT molecular complexity index is 602. The first kappa shape index (κ1) is 12.5. The van der Waals surface area contributed by atoms with Crippen molar-refractivity contribution in [1.82, 2.24) is 4.98 Å². The molecule has 96 valence electrons. The van der Waals surface area contributed by atoms with Crippen molar-refractivity contribution in [1.29, 1.82) is 0 Å². The molecule has 1 aliphatic carbocycles. The van der Waals surface area contributed by atoms with E-state index in [9.17, 15) is 4.79 Å². The number of benzene rings is 1. The molecule has 0 saturated heterocycles. The highest BCUT2D eigenvalue weighted by molar-refractivity contribution is 9.10. The molecular formula is C16H14BrNO. The maximum Gasteiger partial charge on any atom is 0.212 e. The topological polar surface area (TPSA) is 30.0 Å². The van der Waals surface area contributed by atoms with Gasteiger partial charge in [-0.15, -0.1) is 0 Å². The standard InChI is InChI=1S/C16H14BrNO/c17-14-5-2-10-18-15(14)16(19)13-8-6-12(7-9-13)11-3-1-4-11/h2,5-11H,1,3-4H2. The van der Waals surface area contributed by atoms with Gasteiger partial charge >= 0.3 is 0 Å². The van der Waals surface area contributed by atoms with Crippen LogP contribution in [0.3, 0.4) is 0 Å². The lowest BCUT2D eigenvalue weighted by molar-refractivity contribution is 0.103. The Kier molecular flexibility index (Phi) is 3.47. The third-order valence-electron chi connectivity index (χ3n) is 3.72. The van der Waals surface area contributed by atoms with Gasteiger partial charge in [-0.25, -0.2) is 0 Å². The van der Waals surface area contributed by atoms with Gasteiger partial charge in [-0.05, 0) is 52.4 Å². The van der Waals surface area contributed by atoms with Crippen LogP contribution in [0.15, 0.2) is 47.1 Å². The summed E-state index contributed by atoms with van der Waals surface area (Å²) in [6, 6.07) is 11.6. The molecule has 0 N–H and O–H groups in total. The van der Waals surface area contributed by atoms with Gasteiger partial charge in [-0.3, -0.25) is 9.78 Å². The first-order valence-corrected chi connectivity index (χ1v) is 7.30. The fraction of sp³-hybridized carbons (Fsp3) is 0.250. The van der Waals surface area contributed by atoms with Crippen LogP contribution < -0.4 is 0 Å². The molecular weight excluding hydrogens is 302 g/mol. The highest BCUT2D eigenvalue weighted by atomic mass is 79.9. The van der Waals surface area contributed by atoms with Crippen molar-refractivity contribution in [2.24, 2.45) is 0 Å². The number of ketones is 1. The molecule has 0 atom stereocenters. The number of carbonyl (C=O) groups is 1. The molecule has 19 heavy (non-hydrogen) atoms. The average molecular weight is 316 g/mol. The highest BCUT2D eigenvalue weighted by Gasteiger charge is 2.20. The first-order chi connectivity index (χ1) is 9.25. The number of nitrogens with zero attached hydrogens (tertiary/aromatic N) is 1. The fourth-order valence-electron chi connectivity index (χ4n) is 2.34. The van der Waals surface area contributed by atoms with Gasteiger partial charge in [0.05, 0.1) is 0 Å². The Morgan fingerprint density at radius 1 is 1.16 bits per heavy atom. The van der Waals surface area contributed by atoms with Crippen molar-refractivity contribution in [3.05, 3.63) is 63.9 Å². The summed E-state index contributed by atoms with van der Waals surface area (Å²) in [6.45, 7) is 0. The maximum atomic E-state index is 12.3. The van der Waals surface area contributed by atoms with Crippen LogP contribution >= 0.6 is 15.9 Å². The van der Waals surface area contributed by atoms with Gasteiger partial charge in [-0.1, -0.05) is 30.7 Å². The van der Waals surface area contributed by atoms with Gasteiger partial charge in [0.15, 0.2) is 0 Å². The minimum atomic E-state index is -0.0346. The predicted molar refractivity (Wildman–Crippen MR) is 78.4 cm³/mol. The minimum Gasteiger partial charge on any atom is -0.287 e. The van der Waals surface area contributed by atoms with E-state index >= 15 is 0 Å². The van der Waals surface area contributed by atoms with E-state index in [-0.39, 0.29) is 5.78 Å².